The van der Waals surface area contributed by atoms with E-state index in [-0.39, 0.29) is 42.0 Å². The van der Waals surface area contributed by atoms with Crippen molar-refractivity contribution >= 4 is 14.3 Å². The highest BCUT2D eigenvalue weighted by molar-refractivity contribution is 6.74. The Bertz CT molecular complexity index is 1230. The molecule has 0 N–H and O–H groups in total. The van der Waals surface area contributed by atoms with Gasteiger partial charge in [-0.05, 0) is 81.8 Å². The van der Waals surface area contributed by atoms with Crippen molar-refractivity contribution in [3.8, 4) is 5.75 Å². The van der Waals surface area contributed by atoms with Gasteiger partial charge in [-0.2, -0.15) is 0 Å². The molecule has 1 aromatic carbocycles. The van der Waals surface area contributed by atoms with Gasteiger partial charge in [-0.1, -0.05) is 87.4 Å². The Morgan fingerprint density at radius 2 is 1.70 bits per heavy atom. The van der Waals surface area contributed by atoms with Crippen molar-refractivity contribution < 1.29 is 37.6 Å². The molecule has 0 aliphatic carbocycles. The Balaban J connectivity index is 3.00. The van der Waals surface area contributed by atoms with Gasteiger partial charge in [0.2, 0.25) is 0 Å². The number of carbonyl (C=O) groups excluding carboxylic acids is 1. The van der Waals surface area contributed by atoms with E-state index in [1.54, 1.807) is 27.2 Å². The lowest BCUT2D eigenvalue weighted by molar-refractivity contribution is -0.137. The number of methoxy groups -OCH3 is 2. The third kappa shape index (κ3) is 18.4. The van der Waals surface area contributed by atoms with Gasteiger partial charge >= 0.3 is 5.97 Å². The molecule has 0 aliphatic heterocycles. The predicted molar refractivity (Wildman–Crippen MR) is 207 cm³/mol. The standard InChI is InChI=1S/C41H66O8Si/c1-13-37(47-30-35-21-23-36(44-10)24-22-35)38(48-31-45-27-26-43-9)19-17-15-16-18-32(3)29-39(49-50(11,12)41(6,7)8)34(5)28-33(4)20-25-40(42)46-14-2/h13,15-16,18,20-25,28,34,37-39H,1,14,17,19,26-27,29-31H2,2-12H3/b16-15+,25-20+,32-18-,33-28-/t34-,37+,38+,39-/m1/s1. The molecule has 1 rings (SSSR count). The Labute approximate surface area is 304 Å². The van der Waals surface area contributed by atoms with E-state index in [0.717, 1.165) is 36.1 Å². The van der Waals surface area contributed by atoms with E-state index < -0.39 is 8.32 Å². The summed E-state index contributed by atoms with van der Waals surface area (Å²) < 4.78 is 40.3. The third-order valence-electron chi connectivity index (χ3n) is 8.79. The van der Waals surface area contributed by atoms with Crippen LogP contribution in [-0.2, 0) is 39.5 Å². The van der Waals surface area contributed by atoms with E-state index in [1.165, 1.54) is 11.6 Å². The van der Waals surface area contributed by atoms with Gasteiger partial charge in [0.1, 0.15) is 18.6 Å². The summed E-state index contributed by atoms with van der Waals surface area (Å²) in [6.45, 7) is 25.4. The number of esters is 1. The molecule has 0 heterocycles. The van der Waals surface area contributed by atoms with E-state index in [2.05, 4.69) is 78.6 Å². The van der Waals surface area contributed by atoms with Crippen molar-refractivity contribution in [2.45, 2.75) is 111 Å². The monoisotopic (exact) mass is 714 g/mol. The normalized spacial score (nSPS) is 15.7. The highest BCUT2D eigenvalue weighted by Gasteiger charge is 2.40. The van der Waals surface area contributed by atoms with Crippen LogP contribution in [0.5, 0.6) is 5.75 Å². The molecule has 0 saturated heterocycles. The minimum Gasteiger partial charge on any atom is -0.497 e. The second-order valence-corrected chi connectivity index (χ2v) is 18.8. The minimum atomic E-state index is -2.04. The molecule has 0 aromatic heterocycles. The first-order chi connectivity index (χ1) is 23.7. The van der Waals surface area contributed by atoms with Crippen molar-refractivity contribution in [1.82, 2.24) is 0 Å². The minimum absolute atomic E-state index is 0.00132. The van der Waals surface area contributed by atoms with Gasteiger partial charge in [0.25, 0.3) is 0 Å². The first kappa shape index (κ1) is 45.2. The van der Waals surface area contributed by atoms with Crippen LogP contribution < -0.4 is 4.74 Å². The van der Waals surface area contributed by atoms with Crippen molar-refractivity contribution in [3.63, 3.8) is 0 Å². The molecule has 4 atom stereocenters. The summed E-state index contributed by atoms with van der Waals surface area (Å²) in [7, 11) is 1.25. The van der Waals surface area contributed by atoms with E-state index >= 15 is 0 Å². The highest BCUT2D eigenvalue weighted by Crippen LogP contribution is 2.39. The number of hydrogen-bond acceptors (Lipinski definition) is 8. The zero-order chi connectivity index (χ0) is 37.6. The van der Waals surface area contributed by atoms with Crippen LogP contribution in [0.1, 0.15) is 73.3 Å². The number of carbonyl (C=O) groups is 1. The van der Waals surface area contributed by atoms with Crippen LogP contribution in [-0.4, -0.2) is 73.4 Å². The largest absolute Gasteiger partial charge is 0.497 e. The number of benzene rings is 1. The van der Waals surface area contributed by atoms with Gasteiger partial charge in [-0.3, -0.25) is 0 Å². The second-order valence-electron chi connectivity index (χ2n) is 14.1. The van der Waals surface area contributed by atoms with E-state index in [4.69, 9.17) is 32.8 Å². The summed E-state index contributed by atoms with van der Waals surface area (Å²) in [5.74, 6) is 0.614. The Kier molecular flexibility index (Phi) is 22.1. The van der Waals surface area contributed by atoms with Crippen molar-refractivity contribution in [1.29, 1.82) is 0 Å². The number of rotatable bonds is 25. The topological polar surface area (TPSA) is 81.7 Å². The zero-order valence-electron chi connectivity index (χ0n) is 32.8. The van der Waals surface area contributed by atoms with Crippen molar-refractivity contribution in [2.24, 2.45) is 5.92 Å². The maximum Gasteiger partial charge on any atom is 0.330 e. The molecule has 0 bridgehead atoms. The van der Waals surface area contributed by atoms with Crippen LogP contribution in [0.2, 0.25) is 18.1 Å². The van der Waals surface area contributed by atoms with Crippen LogP contribution in [0, 0.1) is 5.92 Å². The Morgan fingerprint density at radius 1 is 1.00 bits per heavy atom. The lowest BCUT2D eigenvalue weighted by Crippen LogP contribution is -2.45. The molecule has 0 aliphatic rings. The Morgan fingerprint density at radius 3 is 2.30 bits per heavy atom. The smallest absolute Gasteiger partial charge is 0.330 e. The SMILES string of the molecule is C=C[C@H](OCc1ccc(OC)cc1)[C@H](CC/C=C/C=C(/C)C[C@@H](O[Si](C)(C)C(C)(C)C)[C@H](C)/C=C(C)\C=C\C(=O)OCC)OCOCCOC. The van der Waals surface area contributed by atoms with Gasteiger partial charge in [0.05, 0.1) is 45.7 Å². The number of ether oxygens (including phenoxy) is 6. The van der Waals surface area contributed by atoms with Gasteiger partial charge in [0, 0.05) is 13.2 Å². The van der Waals surface area contributed by atoms with Crippen LogP contribution >= 0.6 is 0 Å². The number of hydrogen-bond donors (Lipinski definition) is 0. The molecule has 0 amide bonds. The summed E-state index contributed by atoms with van der Waals surface area (Å²) in [5.41, 5.74) is 3.27. The second kappa shape index (κ2) is 24.4. The molecular weight excluding hydrogens is 649 g/mol. The Hall–Kier alpha value is -2.79. The van der Waals surface area contributed by atoms with Crippen LogP contribution in [0.3, 0.4) is 0 Å². The highest BCUT2D eigenvalue weighted by atomic mass is 28.4. The van der Waals surface area contributed by atoms with Crippen LogP contribution in [0.25, 0.3) is 0 Å². The van der Waals surface area contributed by atoms with Crippen LogP contribution in [0.4, 0.5) is 0 Å². The molecule has 9 heteroatoms. The molecule has 0 radical (unpaired) electrons. The third-order valence-corrected chi connectivity index (χ3v) is 13.3. The lowest BCUT2D eigenvalue weighted by atomic mass is 9.96. The van der Waals surface area contributed by atoms with Gasteiger partial charge < -0.3 is 32.8 Å². The fourth-order valence-corrected chi connectivity index (χ4v) is 6.16. The molecular formula is C41H66O8Si. The molecule has 0 saturated carbocycles. The quantitative estimate of drug-likeness (QED) is 0.0189. The summed E-state index contributed by atoms with van der Waals surface area (Å²) >= 11 is 0. The van der Waals surface area contributed by atoms with Crippen LogP contribution in [0.15, 0.2) is 84.5 Å². The number of allylic oxidation sites excluding steroid dienone is 5. The van der Waals surface area contributed by atoms with Gasteiger partial charge in [-0.15, -0.1) is 6.58 Å². The average Bonchev–Trinajstić information content (AvgIpc) is 3.06. The van der Waals surface area contributed by atoms with Crippen molar-refractivity contribution in [2.75, 3.05) is 40.8 Å². The van der Waals surface area contributed by atoms with Gasteiger partial charge in [-0.25, -0.2) is 4.79 Å². The molecule has 0 fully saturated rings. The average molecular weight is 715 g/mol. The fraction of sp³-hybridized carbons (Fsp3) is 0.585. The summed E-state index contributed by atoms with van der Waals surface area (Å²) in [5, 5.41) is 0.0835. The fourth-order valence-electron chi connectivity index (χ4n) is 4.75. The maximum atomic E-state index is 11.8. The first-order valence-electron chi connectivity index (χ1n) is 17.8. The first-order valence-corrected chi connectivity index (χ1v) is 20.7. The zero-order valence-corrected chi connectivity index (χ0v) is 33.8. The summed E-state index contributed by atoms with van der Waals surface area (Å²) in [4.78, 5) is 11.8. The lowest BCUT2D eigenvalue weighted by Gasteiger charge is -2.41. The van der Waals surface area contributed by atoms with Crippen molar-refractivity contribution in [3.05, 3.63) is 90.1 Å². The molecule has 1 aromatic rings. The summed E-state index contributed by atoms with van der Waals surface area (Å²) in [6.07, 6.45) is 15.5. The molecule has 50 heavy (non-hydrogen) atoms. The van der Waals surface area contributed by atoms with E-state index in [1.807, 2.05) is 37.3 Å². The molecule has 0 spiro atoms. The molecule has 0 unspecified atom stereocenters. The molecule has 8 nitrogen and oxygen atoms in total. The maximum absolute atomic E-state index is 11.8. The van der Waals surface area contributed by atoms with E-state index in [9.17, 15) is 4.79 Å². The van der Waals surface area contributed by atoms with Gasteiger partial charge in [0.15, 0.2) is 8.32 Å². The summed E-state index contributed by atoms with van der Waals surface area (Å²) in [6, 6.07) is 7.82. The molecule has 282 valence electrons. The predicted octanol–water partition coefficient (Wildman–Crippen LogP) is 9.54. The van der Waals surface area contributed by atoms with E-state index in [0.29, 0.717) is 26.4 Å².